The number of hydrogen-bond donors (Lipinski definition) is 3. The number of aryl methyl sites for hydroxylation is 2. The normalized spacial score (nSPS) is 17.7. The number of aromatic nitrogens is 2. The molecule has 2 atom stereocenters. The highest BCUT2D eigenvalue weighted by molar-refractivity contribution is 7.80. The summed E-state index contributed by atoms with van der Waals surface area (Å²) in [6, 6.07) is 15.1. The van der Waals surface area contributed by atoms with Gasteiger partial charge in [-0.15, -0.1) is 12.6 Å². The Kier molecular flexibility index (Phi) is 6.85. The van der Waals surface area contributed by atoms with Gasteiger partial charge >= 0.3 is 0 Å². The van der Waals surface area contributed by atoms with E-state index in [9.17, 15) is 4.79 Å². The van der Waals surface area contributed by atoms with E-state index in [1.165, 1.54) is 0 Å². The van der Waals surface area contributed by atoms with Gasteiger partial charge in [-0.25, -0.2) is 4.98 Å². The summed E-state index contributed by atoms with van der Waals surface area (Å²) in [6.07, 6.45) is -0.270. The molecule has 3 N–H and O–H groups in total. The molecule has 0 radical (unpaired) electrons. The van der Waals surface area contributed by atoms with E-state index < -0.39 is 0 Å². The minimum Gasteiger partial charge on any atom is -0.471 e. The van der Waals surface area contributed by atoms with Crippen molar-refractivity contribution in [1.29, 1.82) is 0 Å². The first-order chi connectivity index (χ1) is 15.9. The van der Waals surface area contributed by atoms with Gasteiger partial charge in [0.05, 0.1) is 11.7 Å². The van der Waals surface area contributed by atoms with Gasteiger partial charge in [0, 0.05) is 41.7 Å². The van der Waals surface area contributed by atoms with Gasteiger partial charge in [-0.05, 0) is 50.1 Å². The zero-order chi connectivity index (χ0) is 23.5. The summed E-state index contributed by atoms with van der Waals surface area (Å²) in [6.45, 7) is 7.85. The molecule has 4 rings (SSSR count). The predicted molar refractivity (Wildman–Crippen MR) is 133 cm³/mol. The number of benzene rings is 2. The second kappa shape index (κ2) is 9.80. The monoisotopic (exact) mass is 463 g/mol. The van der Waals surface area contributed by atoms with E-state index in [1.54, 1.807) is 6.07 Å². The zero-order valence-corrected chi connectivity index (χ0v) is 20.0. The van der Waals surface area contributed by atoms with Crippen molar-refractivity contribution in [2.75, 3.05) is 25.4 Å². The largest absolute Gasteiger partial charge is 0.471 e. The first-order valence-corrected chi connectivity index (χ1v) is 11.5. The topological polar surface area (TPSA) is 93.4 Å². The fourth-order valence-electron chi connectivity index (χ4n) is 4.41. The van der Waals surface area contributed by atoms with Crippen molar-refractivity contribution in [2.24, 2.45) is 0 Å². The van der Waals surface area contributed by atoms with Crippen LogP contribution >= 0.6 is 12.6 Å². The van der Waals surface area contributed by atoms with E-state index in [4.69, 9.17) is 10.5 Å². The Hall–Kier alpha value is -3.10. The molecule has 0 bridgehead atoms. The lowest BCUT2D eigenvalue weighted by molar-refractivity contribution is 0.0559. The third-order valence-electron chi connectivity index (χ3n) is 5.95. The summed E-state index contributed by atoms with van der Waals surface area (Å²) in [5.74, 6) is 0.510. The molecule has 0 spiro atoms. The minimum absolute atomic E-state index is 0.0471. The van der Waals surface area contributed by atoms with Gasteiger partial charge in [0.25, 0.3) is 5.91 Å². The van der Waals surface area contributed by atoms with Crippen molar-refractivity contribution >= 4 is 24.5 Å². The van der Waals surface area contributed by atoms with Crippen molar-refractivity contribution in [1.82, 2.24) is 20.2 Å². The summed E-state index contributed by atoms with van der Waals surface area (Å²) in [5, 5.41) is 3.35. The number of nitrogens with two attached hydrogens (primary N) is 1. The highest BCUT2D eigenvalue weighted by atomic mass is 32.1. The molecule has 33 heavy (non-hydrogen) atoms. The smallest absolute Gasteiger partial charge is 0.254 e. The van der Waals surface area contributed by atoms with Gasteiger partial charge < -0.3 is 20.7 Å². The molecule has 0 aliphatic carbocycles. The van der Waals surface area contributed by atoms with Crippen molar-refractivity contribution < 1.29 is 9.53 Å². The first-order valence-electron chi connectivity index (χ1n) is 11.1. The lowest BCUT2D eigenvalue weighted by Gasteiger charge is -2.31. The predicted octanol–water partition coefficient (Wildman–Crippen LogP) is 3.51. The summed E-state index contributed by atoms with van der Waals surface area (Å²) < 4.78 is 6.30. The van der Waals surface area contributed by atoms with Crippen LogP contribution in [0.15, 0.2) is 53.4 Å². The van der Waals surface area contributed by atoms with E-state index in [0.717, 1.165) is 27.3 Å². The number of carbonyl (C=O) groups is 1. The fourth-order valence-corrected chi connectivity index (χ4v) is 4.64. The molecule has 1 aromatic heterocycles. The van der Waals surface area contributed by atoms with Gasteiger partial charge in [0.2, 0.25) is 11.8 Å². The summed E-state index contributed by atoms with van der Waals surface area (Å²) in [5.41, 5.74) is 10.6. The fraction of sp³-hybridized carbons (Fsp3) is 0.320. The third kappa shape index (κ3) is 4.96. The summed E-state index contributed by atoms with van der Waals surface area (Å²) in [7, 11) is 0. The Morgan fingerprint density at radius 3 is 2.58 bits per heavy atom. The van der Waals surface area contributed by atoms with Crippen LogP contribution in [0.5, 0.6) is 5.88 Å². The van der Waals surface area contributed by atoms with Crippen LogP contribution in [0.2, 0.25) is 0 Å². The minimum atomic E-state index is -0.270. The molecule has 1 fully saturated rings. The first kappa shape index (κ1) is 23.1. The van der Waals surface area contributed by atoms with Gasteiger partial charge in [0.15, 0.2) is 0 Å². The van der Waals surface area contributed by atoms with Crippen LogP contribution in [-0.4, -0.2) is 52.6 Å². The summed E-state index contributed by atoms with van der Waals surface area (Å²) >= 11 is 4.37. The van der Waals surface area contributed by atoms with Gasteiger partial charge in [-0.2, -0.15) is 4.98 Å². The van der Waals surface area contributed by atoms with Gasteiger partial charge in [-0.3, -0.25) is 4.79 Å². The molecule has 2 aromatic carbocycles. The molecule has 3 aromatic rings. The average molecular weight is 464 g/mol. The summed E-state index contributed by atoms with van der Waals surface area (Å²) in [4.78, 5) is 24.6. The van der Waals surface area contributed by atoms with E-state index in [1.807, 2.05) is 68.1 Å². The maximum absolute atomic E-state index is 13.2. The second-order valence-corrected chi connectivity index (χ2v) is 8.76. The Balaban J connectivity index is 1.60. The van der Waals surface area contributed by atoms with Crippen LogP contribution in [0, 0.1) is 13.8 Å². The van der Waals surface area contributed by atoms with Gasteiger partial charge in [0.1, 0.15) is 6.10 Å². The molecule has 1 unspecified atom stereocenters. The van der Waals surface area contributed by atoms with Crippen LogP contribution in [0.25, 0.3) is 11.3 Å². The number of amides is 1. The van der Waals surface area contributed by atoms with Crippen LogP contribution in [0.1, 0.15) is 28.4 Å². The third-order valence-corrected chi connectivity index (χ3v) is 6.23. The van der Waals surface area contributed by atoms with E-state index in [-0.39, 0.29) is 24.0 Å². The molecule has 1 amide bonds. The number of nitrogens with one attached hydrogen (secondary N) is 1. The number of anilines is 1. The number of rotatable bonds is 6. The molecular formula is C25H29N5O2S. The Bertz CT molecular complexity index is 1150. The average Bonchev–Trinajstić information content (AvgIpc) is 3.21. The Labute approximate surface area is 199 Å². The van der Waals surface area contributed by atoms with Crippen molar-refractivity contribution in [3.63, 3.8) is 0 Å². The zero-order valence-electron chi connectivity index (χ0n) is 19.1. The SMILES string of the molecule is CCN(C(=O)c1cccc(S)c1)[C@@H]1CNCC1Oc1cc(-c2c(C)cccc2C)nc(N)n1. The lowest BCUT2D eigenvalue weighted by atomic mass is 10.00. The van der Waals surface area contributed by atoms with E-state index in [2.05, 4.69) is 27.9 Å². The quantitative estimate of drug-likeness (QED) is 0.485. The number of carbonyl (C=O) groups excluding carboxylic acids is 1. The van der Waals surface area contributed by atoms with E-state index in [0.29, 0.717) is 31.1 Å². The number of likely N-dealkylation sites (N-methyl/N-ethyl adjacent to an activating group) is 1. The van der Waals surface area contributed by atoms with Crippen LogP contribution in [-0.2, 0) is 0 Å². The maximum Gasteiger partial charge on any atom is 0.254 e. The molecule has 0 saturated carbocycles. The Morgan fingerprint density at radius 2 is 1.88 bits per heavy atom. The van der Waals surface area contributed by atoms with Gasteiger partial charge in [-0.1, -0.05) is 24.3 Å². The Morgan fingerprint density at radius 1 is 1.15 bits per heavy atom. The number of nitrogen functional groups attached to an aromatic ring is 1. The molecule has 1 aliphatic rings. The van der Waals surface area contributed by atoms with Crippen molar-refractivity contribution in [3.05, 3.63) is 65.2 Å². The standard InChI is InChI=1S/C25H29N5O2S/c1-4-30(24(31)17-9-6-10-18(33)11-17)20-13-27-14-21(20)32-22-12-19(28-25(26)29-22)23-15(2)7-5-8-16(23)3/h5-12,20-21,27,33H,4,13-14H2,1-3H3,(H2,26,28,29)/t20-,21?/m1/s1. The molecule has 172 valence electrons. The lowest BCUT2D eigenvalue weighted by Crippen LogP contribution is -2.48. The number of hydrogen-bond acceptors (Lipinski definition) is 7. The van der Waals surface area contributed by atoms with E-state index >= 15 is 0 Å². The van der Waals surface area contributed by atoms with Crippen LogP contribution < -0.4 is 15.8 Å². The number of ether oxygens (including phenoxy) is 1. The van der Waals surface area contributed by atoms with Crippen molar-refractivity contribution in [3.8, 4) is 17.1 Å². The van der Waals surface area contributed by atoms with Crippen LogP contribution in [0.4, 0.5) is 5.95 Å². The molecule has 1 saturated heterocycles. The molecule has 8 heteroatoms. The highest BCUT2D eigenvalue weighted by Gasteiger charge is 2.36. The van der Waals surface area contributed by atoms with Crippen LogP contribution in [0.3, 0.4) is 0 Å². The highest BCUT2D eigenvalue weighted by Crippen LogP contribution is 2.29. The molecule has 2 heterocycles. The maximum atomic E-state index is 13.2. The molecule has 1 aliphatic heterocycles. The second-order valence-electron chi connectivity index (χ2n) is 8.24. The van der Waals surface area contributed by atoms with Crippen molar-refractivity contribution in [2.45, 2.75) is 37.8 Å². The molecular weight excluding hydrogens is 434 g/mol. The number of thiol groups is 1. The molecule has 7 nitrogen and oxygen atoms in total. The number of nitrogens with zero attached hydrogens (tertiary/aromatic N) is 3.